The highest BCUT2D eigenvalue weighted by Crippen LogP contribution is 2.33. The van der Waals surface area contributed by atoms with E-state index in [9.17, 15) is 4.39 Å². The van der Waals surface area contributed by atoms with Crippen LogP contribution in [0.15, 0.2) is 85.9 Å². The van der Waals surface area contributed by atoms with Gasteiger partial charge in [-0.1, -0.05) is 56.5 Å². The maximum absolute atomic E-state index is 14.8. The summed E-state index contributed by atoms with van der Waals surface area (Å²) in [4.78, 5) is 12.8. The minimum atomic E-state index is -1.45. The highest BCUT2D eigenvalue weighted by Gasteiger charge is 2.19. The Morgan fingerprint density at radius 2 is 1.91 bits per heavy atom. The molecular weight excluding hydrogens is 569 g/mol. The monoisotopic (exact) mass is 607 g/mol. The van der Waals surface area contributed by atoms with E-state index in [4.69, 9.17) is 4.98 Å². The molecule has 0 amide bonds. The zero-order chi connectivity index (χ0) is 31.4. The van der Waals surface area contributed by atoms with Crippen molar-refractivity contribution in [3.8, 4) is 22.6 Å². The van der Waals surface area contributed by atoms with Gasteiger partial charge in [0, 0.05) is 40.7 Å². The Bertz CT molecular complexity index is 2000. The first kappa shape index (κ1) is 30.7. The number of nitrogens with one attached hydrogen (secondary N) is 4. The van der Waals surface area contributed by atoms with Crippen molar-refractivity contribution >= 4 is 43.3 Å². The number of halogens is 1. The molecule has 0 spiro atoms. The molecule has 0 aliphatic heterocycles. The lowest BCUT2D eigenvalue weighted by Crippen LogP contribution is -2.08. The van der Waals surface area contributed by atoms with Crippen LogP contribution in [0.1, 0.15) is 42.3 Å². The second-order valence-electron chi connectivity index (χ2n) is 11.1. The van der Waals surface area contributed by atoms with Crippen LogP contribution in [-0.2, 0) is 6.54 Å². The molecule has 0 saturated heterocycles. The predicted molar refractivity (Wildman–Crippen MR) is 188 cm³/mol. The summed E-state index contributed by atoms with van der Waals surface area (Å²) in [5, 5.41) is 12.0. The molecule has 0 aliphatic rings. The number of rotatable bonds is 12. The van der Waals surface area contributed by atoms with E-state index in [-0.39, 0.29) is 5.82 Å². The minimum Gasteiger partial charge on any atom is -0.358 e. The number of aromatic amines is 2. The molecule has 0 radical (unpaired) electrons. The Balaban J connectivity index is 1.51. The van der Waals surface area contributed by atoms with Crippen LogP contribution in [0.2, 0.25) is 0 Å². The molecule has 5 aromatic rings. The molecule has 9 heteroatoms. The van der Waals surface area contributed by atoms with Crippen LogP contribution >= 0.6 is 9.39 Å². The van der Waals surface area contributed by atoms with E-state index < -0.39 is 9.39 Å². The zero-order valence-corrected chi connectivity index (χ0v) is 26.2. The summed E-state index contributed by atoms with van der Waals surface area (Å²) in [6.45, 7) is 12.5. The predicted octanol–water partition coefficient (Wildman–Crippen LogP) is 8.11. The van der Waals surface area contributed by atoms with Crippen LogP contribution in [-0.4, -0.2) is 43.1 Å². The number of anilines is 1. The molecule has 0 saturated carbocycles. The maximum atomic E-state index is 14.8. The number of aromatic nitrogens is 5. The molecule has 0 unspecified atom stereocenters. The molecular formula is C35H38FN7S. The van der Waals surface area contributed by atoms with Gasteiger partial charge in [-0.05, 0) is 72.7 Å². The second kappa shape index (κ2) is 12.9. The zero-order valence-electron chi connectivity index (χ0n) is 25.4. The van der Waals surface area contributed by atoms with Crippen LogP contribution < -0.4 is 10.0 Å². The van der Waals surface area contributed by atoms with Crippen molar-refractivity contribution in [2.24, 2.45) is 0 Å². The maximum Gasteiger partial charge on any atom is 0.159 e. The average molecular weight is 608 g/mol. The number of H-pyrrole nitrogens is 2. The number of hydrogen-bond acceptors (Lipinski definition) is 5. The summed E-state index contributed by atoms with van der Waals surface area (Å²) >= 11 is 0. The fourth-order valence-electron chi connectivity index (χ4n) is 5.04. The number of nitrogens with zero attached hydrogens (tertiary/aromatic N) is 3. The Morgan fingerprint density at radius 1 is 1.09 bits per heavy atom. The van der Waals surface area contributed by atoms with Crippen molar-refractivity contribution in [2.45, 2.75) is 33.2 Å². The molecule has 0 aliphatic carbocycles. The number of benzene rings is 2. The van der Waals surface area contributed by atoms with Crippen LogP contribution in [0.5, 0.6) is 0 Å². The van der Waals surface area contributed by atoms with Crippen molar-refractivity contribution in [1.82, 2.24) is 29.9 Å². The molecule has 4 N–H and O–H groups in total. The number of fused-ring (bicyclic) bond motifs is 1. The van der Waals surface area contributed by atoms with Crippen molar-refractivity contribution in [3.63, 3.8) is 0 Å². The lowest BCUT2D eigenvalue weighted by Gasteiger charge is -2.13. The molecule has 44 heavy (non-hydrogen) atoms. The summed E-state index contributed by atoms with van der Waals surface area (Å²) in [5.74, 6) is 8.38. The molecule has 0 bridgehead atoms. The Morgan fingerprint density at radius 3 is 2.66 bits per heavy atom. The van der Waals surface area contributed by atoms with Crippen LogP contribution in [0.4, 0.5) is 10.1 Å². The van der Waals surface area contributed by atoms with Gasteiger partial charge in [0.2, 0.25) is 0 Å². The lowest BCUT2D eigenvalue weighted by atomic mass is 9.98. The molecule has 226 valence electrons. The lowest BCUT2D eigenvalue weighted by molar-refractivity contribution is 0.624. The summed E-state index contributed by atoms with van der Waals surface area (Å²) < 4.78 is 18.1. The van der Waals surface area contributed by atoms with Crippen LogP contribution in [0.25, 0.3) is 39.1 Å². The van der Waals surface area contributed by atoms with Crippen molar-refractivity contribution < 1.29 is 4.39 Å². The number of aryl methyl sites for hydroxylation is 1. The van der Waals surface area contributed by atoms with E-state index in [1.165, 1.54) is 12.1 Å². The number of allylic oxidation sites excluding steroid dienone is 3. The summed E-state index contributed by atoms with van der Waals surface area (Å²) in [7, 11) is -1.45. The third kappa shape index (κ3) is 7.07. The number of hydrogen-bond donors (Lipinski definition) is 4. The first-order valence-corrected chi connectivity index (χ1v) is 16.7. The molecule has 7 nitrogen and oxygen atoms in total. The number of pyridine rings is 1. The normalized spacial score (nSPS) is 12.0. The number of imidazole rings is 1. The molecule has 0 fully saturated rings. The highest BCUT2D eigenvalue weighted by atomic mass is 32.2. The molecule has 3 heterocycles. The SMILES string of the molecule is C=C/C=C(/c1cc(F)cc(CNS(=C)(=C)C)c1)c1nc(-c2n[nH]c3ccc(-c4cncc(NC(=C)CCC)c4)cc23)[nH]c1C. The third-order valence-electron chi connectivity index (χ3n) is 7.05. The van der Waals surface area contributed by atoms with E-state index >= 15 is 0 Å². The fourth-order valence-corrected chi connectivity index (χ4v) is 5.55. The molecule has 2 aromatic carbocycles. The topological polar surface area (TPSA) is 94.3 Å². The Labute approximate surface area is 258 Å². The van der Waals surface area contributed by atoms with Gasteiger partial charge < -0.3 is 10.3 Å². The van der Waals surface area contributed by atoms with E-state index in [0.717, 1.165) is 63.1 Å². The smallest absolute Gasteiger partial charge is 0.159 e. The highest BCUT2D eigenvalue weighted by molar-refractivity contribution is 8.25. The van der Waals surface area contributed by atoms with Gasteiger partial charge in [0.1, 0.15) is 11.5 Å². The van der Waals surface area contributed by atoms with E-state index in [1.807, 2.05) is 43.7 Å². The standard InChI is InChI=1S/C35H38FN7S/c1-8-10-22(3)39-29-17-27(20-37-21-29)25-12-13-32-31(18-25)34(43-42-32)35-40-23(4)33(41-35)30(11-9-2)26-14-24(15-28(36)16-26)19-38-44(5,6)7/h9,11-18,20-21,38-39H,2-3,5-6,8,10,19H2,1,4,7H3,(H,40,41)(H,42,43)/b30-11-. The third-order valence-corrected chi connectivity index (χ3v) is 7.89. The second-order valence-corrected chi connectivity index (χ2v) is 13.9. The van der Waals surface area contributed by atoms with Gasteiger partial charge >= 0.3 is 0 Å². The van der Waals surface area contributed by atoms with E-state index in [1.54, 1.807) is 12.3 Å². The van der Waals surface area contributed by atoms with Crippen LogP contribution in [0, 0.1) is 12.7 Å². The minimum absolute atomic E-state index is 0.332. The van der Waals surface area contributed by atoms with Gasteiger partial charge in [-0.15, -0.1) is 0 Å². The Hall–Kier alpha value is -4.73. The van der Waals surface area contributed by atoms with Gasteiger partial charge in [0.25, 0.3) is 0 Å². The van der Waals surface area contributed by atoms with Gasteiger partial charge in [0.15, 0.2) is 5.82 Å². The van der Waals surface area contributed by atoms with Gasteiger partial charge in [-0.25, -0.2) is 9.37 Å². The van der Waals surface area contributed by atoms with Gasteiger partial charge in [-0.3, -0.25) is 14.8 Å². The van der Waals surface area contributed by atoms with Crippen molar-refractivity contribution in [1.29, 1.82) is 0 Å². The van der Waals surface area contributed by atoms with Crippen LogP contribution in [0.3, 0.4) is 0 Å². The summed E-state index contributed by atoms with van der Waals surface area (Å²) in [5.41, 5.74) is 9.15. The first-order chi connectivity index (χ1) is 21.0. The van der Waals surface area contributed by atoms with Gasteiger partial charge in [-0.2, -0.15) is 14.5 Å². The van der Waals surface area contributed by atoms with Gasteiger partial charge in [0.05, 0.1) is 23.1 Å². The fraction of sp³-hybridized carbons (Fsp3) is 0.171. The summed E-state index contributed by atoms with van der Waals surface area (Å²) in [6.07, 6.45) is 11.0. The largest absolute Gasteiger partial charge is 0.358 e. The molecule has 3 aromatic heterocycles. The summed E-state index contributed by atoms with van der Waals surface area (Å²) in [6, 6.07) is 13.2. The Kier molecular flexibility index (Phi) is 8.98. The average Bonchev–Trinajstić information content (AvgIpc) is 3.57. The van der Waals surface area contributed by atoms with E-state index in [0.29, 0.717) is 29.3 Å². The molecule has 0 atom stereocenters. The first-order valence-electron chi connectivity index (χ1n) is 14.3. The van der Waals surface area contributed by atoms with Crippen molar-refractivity contribution in [2.75, 3.05) is 11.6 Å². The van der Waals surface area contributed by atoms with Crippen molar-refractivity contribution in [3.05, 3.63) is 114 Å². The van der Waals surface area contributed by atoms with E-state index in [2.05, 4.69) is 74.2 Å². The molecule has 5 rings (SSSR count). The quantitative estimate of drug-likeness (QED) is 0.0849.